The highest BCUT2D eigenvalue weighted by Crippen LogP contribution is 2.45. The predicted molar refractivity (Wildman–Crippen MR) is 95.1 cm³/mol. The van der Waals surface area contributed by atoms with Gasteiger partial charge in [-0.25, -0.2) is 0 Å². The number of carbonyl (C=O) groups excluding carboxylic acids is 1. The molecule has 5 nitrogen and oxygen atoms in total. The molecule has 2 aliphatic rings. The third kappa shape index (κ3) is 3.82. The number of carbonyl (C=O) groups is 1. The van der Waals surface area contributed by atoms with Crippen LogP contribution in [0.3, 0.4) is 0 Å². The van der Waals surface area contributed by atoms with Gasteiger partial charge in [0.2, 0.25) is 5.91 Å². The van der Waals surface area contributed by atoms with E-state index in [4.69, 9.17) is 9.47 Å². The molecule has 2 aliphatic heterocycles. The molecule has 3 rings (SSSR count). The van der Waals surface area contributed by atoms with Gasteiger partial charge in [-0.1, -0.05) is 0 Å². The van der Waals surface area contributed by atoms with Crippen molar-refractivity contribution in [3.63, 3.8) is 0 Å². The molecule has 1 aromatic heterocycles. The Morgan fingerprint density at radius 1 is 1.33 bits per heavy atom. The fourth-order valence-corrected chi connectivity index (χ4v) is 4.98. The number of amides is 1. The molecule has 1 aromatic rings. The second-order valence-corrected chi connectivity index (χ2v) is 7.91. The van der Waals surface area contributed by atoms with E-state index in [-0.39, 0.29) is 17.9 Å². The van der Waals surface area contributed by atoms with Gasteiger partial charge in [-0.05, 0) is 40.6 Å². The van der Waals surface area contributed by atoms with Gasteiger partial charge in [-0.15, -0.1) is 0 Å². The van der Waals surface area contributed by atoms with Crippen molar-refractivity contribution in [3.05, 3.63) is 22.4 Å². The Labute approximate surface area is 148 Å². The van der Waals surface area contributed by atoms with E-state index in [1.807, 2.05) is 4.90 Å². The summed E-state index contributed by atoms with van der Waals surface area (Å²) in [6.07, 6.45) is 2.13. The third-order valence-corrected chi connectivity index (χ3v) is 6.35. The van der Waals surface area contributed by atoms with Crippen LogP contribution in [0.4, 0.5) is 0 Å². The number of ether oxygens (including phenoxy) is 2. The maximum atomic E-state index is 12.1. The number of methoxy groups -OCH3 is 2. The van der Waals surface area contributed by atoms with Crippen molar-refractivity contribution in [1.29, 1.82) is 0 Å². The van der Waals surface area contributed by atoms with Crippen molar-refractivity contribution >= 4 is 17.2 Å². The summed E-state index contributed by atoms with van der Waals surface area (Å²) in [6, 6.07) is 2.22. The van der Waals surface area contributed by atoms with E-state index < -0.39 is 0 Å². The summed E-state index contributed by atoms with van der Waals surface area (Å²) in [7, 11) is 3.38. The summed E-state index contributed by atoms with van der Waals surface area (Å²) < 4.78 is 10.5. The molecule has 134 valence electrons. The van der Waals surface area contributed by atoms with Crippen molar-refractivity contribution in [1.82, 2.24) is 9.80 Å². The van der Waals surface area contributed by atoms with Gasteiger partial charge in [0, 0.05) is 52.9 Å². The van der Waals surface area contributed by atoms with Gasteiger partial charge < -0.3 is 14.4 Å². The van der Waals surface area contributed by atoms with Crippen LogP contribution in [0.15, 0.2) is 16.8 Å². The Bertz CT molecular complexity index is 526. The molecule has 0 aromatic carbocycles. The quantitative estimate of drug-likeness (QED) is 0.786. The minimum absolute atomic E-state index is 0.115. The third-order valence-electron chi connectivity index (χ3n) is 5.62. The minimum Gasteiger partial charge on any atom is -0.384 e. The molecule has 0 aliphatic carbocycles. The summed E-state index contributed by atoms with van der Waals surface area (Å²) >= 11 is 1.76. The average molecular weight is 353 g/mol. The molecule has 0 bridgehead atoms. The summed E-state index contributed by atoms with van der Waals surface area (Å²) in [4.78, 5) is 16.6. The van der Waals surface area contributed by atoms with Gasteiger partial charge in [-0.2, -0.15) is 11.3 Å². The van der Waals surface area contributed by atoms with Crippen LogP contribution in [0.5, 0.6) is 0 Å². The number of hydrogen-bond acceptors (Lipinski definition) is 5. The maximum Gasteiger partial charge on any atom is 0.248 e. The van der Waals surface area contributed by atoms with Crippen molar-refractivity contribution in [2.75, 3.05) is 53.6 Å². The van der Waals surface area contributed by atoms with Crippen molar-refractivity contribution < 1.29 is 14.3 Å². The van der Waals surface area contributed by atoms with Crippen molar-refractivity contribution in [2.45, 2.75) is 19.4 Å². The van der Waals surface area contributed by atoms with E-state index in [2.05, 4.69) is 21.7 Å². The number of thiophene rings is 1. The van der Waals surface area contributed by atoms with Crippen LogP contribution in [0.2, 0.25) is 0 Å². The first kappa shape index (κ1) is 17.9. The molecule has 2 saturated heterocycles. The van der Waals surface area contributed by atoms with E-state index in [9.17, 15) is 4.79 Å². The Kier molecular flexibility index (Phi) is 5.92. The van der Waals surface area contributed by atoms with Gasteiger partial charge in [0.25, 0.3) is 0 Å². The Morgan fingerprint density at radius 2 is 2.12 bits per heavy atom. The largest absolute Gasteiger partial charge is 0.384 e. The molecule has 3 heterocycles. The van der Waals surface area contributed by atoms with Crippen LogP contribution in [-0.2, 0) is 20.8 Å². The molecule has 1 spiro atoms. The molecular formula is C18H28N2O3S. The molecule has 0 radical (unpaired) electrons. The lowest BCUT2D eigenvalue weighted by Crippen LogP contribution is -2.48. The van der Waals surface area contributed by atoms with Gasteiger partial charge in [0.05, 0.1) is 6.61 Å². The highest BCUT2D eigenvalue weighted by atomic mass is 32.1. The molecule has 2 fully saturated rings. The smallest absolute Gasteiger partial charge is 0.248 e. The van der Waals surface area contributed by atoms with Crippen LogP contribution in [-0.4, -0.2) is 69.3 Å². The lowest BCUT2D eigenvalue weighted by molar-refractivity contribution is -0.138. The SMILES string of the molecule is COCC(=O)N1CCC2(CC1)CN(Cc1ccsc1)C[C@@H]2COC. The first-order valence-corrected chi connectivity index (χ1v) is 9.60. The van der Waals surface area contributed by atoms with E-state index in [0.29, 0.717) is 5.92 Å². The zero-order chi connectivity index (χ0) is 17.0. The molecular weight excluding hydrogens is 324 g/mol. The minimum atomic E-state index is 0.115. The van der Waals surface area contributed by atoms with Crippen LogP contribution in [0.1, 0.15) is 18.4 Å². The lowest BCUT2D eigenvalue weighted by atomic mass is 9.71. The molecule has 0 saturated carbocycles. The zero-order valence-electron chi connectivity index (χ0n) is 14.7. The van der Waals surface area contributed by atoms with Crippen LogP contribution in [0.25, 0.3) is 0 Å². The Balaban J connectivity index is 1.63. The van der Waals surface area contributed by atoms with Crippen molar-refractivity contribution in [3.8, 4) is 0 Å². The number of piperidine rings is 1. The monoisotopic (exact) mass is 352 g/mol. The molecule has 1 amide bonds. The van der Waals surface area contributed by atoms with Gasteiger partial charge >= 0.3 is 0 Å². The fourth-order valence-electron chi connectivity index (χ4n) is 4.32. The first-order valence-electron chi connectivity index (χ1n) is 8.66. The molecule has 24 heavy (non-hydrogen) atoms. The predicted octanol–water partition coefficient (Wildman–Crippen LogP) is 2.08. The van der Waals surface area contributed by atoms with Gasteiger partial charge in [0.1, 0.15) is 6.61 Å². The standard InChI is InChI=1S/C18H28N2O3S/c1-22-11-16-10-19(9-15-3-8-24-13-15)14-18(16)4-6-20(7-5-18)17(21)12-23-2/h3,8,13,16H,4-7,9-12,14H2,1-2H3/t16-/m1/s1. The van der Waals surface area contributed by atoms with Gasteiger partial charge in [-0.3, -0.25) is 9.69 Å². The fraction of sp³-hybridized carbons (Fsp3) is 0.722. The molecule has 0 N–H and O–H groups in total. The maximum absolute atomic E-state index is 12.1. The average Bonchev–Trinajstić information content (AvgIpc) is 3.18. The van der Waals surface area contributed by atoms with E-state index in [0.717, 1.165) is 52.2 Å². The number of hydrogen-bond donors (Lipinski definition) is 0. The number of likely N-dealkylation sites (tertiary alicyclic amines) is 2. The van der Waals surface area contributed by atoms with E-state index >= 15 is 0 Å². The highest BCUT2D eigenvalue weighted by Gasteiger charge is 2.48. The summed E-state index contributed by atoms with van der Waals surface area (Å²) in [5.41, 5.74) is 1.69. The van der Waals surface area contributed by atoms with Crippen LogP contribution >= 0.6 is 11.3 Å². The van der Waals surface area contributed by atoms with Gasteiger partial charge in [0.15, 0.2) is 0 Å². The highest BCUT2D eigenvalue weighted by molar-refractivity contribution is 7.07. The van der Waals surface area contributed by atoms with Crippen LogP contribution in [0, 0.1) is 11.3 Å². The van der Waals surface area contributed by atoms with E-state index in [1.54, 1.807) is 25.6 Å². The molecule has 0 unspecified atom stereocenters. The first-order chi connectivity index (χ1) is 11.7. The Morgan fingerprint density at radius 3 is 2.75 bits per heavy atom. The number of rotatable bonds is 6. The summed E-state index contributed by atoms with van der Waals surface area (Å²) in [5.74, 6) is 0.671. The second-order valence-electron chi connectivity index (χ2n) is 7.13. The zero-order valence-corrected chi connectivity index (χ0v) is 15.5. The second kappa shape index (κ2) is 7.95. The normalized spacial score (nSPS) is 23.9. The summed E-state index contributed by atoms with van der Waals surface area (Å²) in [5, 5.41) is 4.38. The van der Waals surface area contributed by atoms with E-state index in [1.165, 1.54) is 5.56 Å². The molecule has 6 heteroatoms. The topological polar surface area (TPSA) is 42.0 Å². The summed E-state index contributed by atoms with van der Waals surface area (Å²) in [6.45, 7) is 5.92. The number of nitrogens with zero attached hydrogens (tertiary/aromatic N) is 2. The molecule has 1 atom stereocenters. The van der Waals surface area contributed by atoms with Crippen molar-refractivity contribution in [2.24, 2.45) is 11.3 Å². The Hall–Kier alpha value is -0.950. The van der Waals surface area contributed by atoms with Crippen LogP contribution < -0.4 is 0 Å². The lowest BCUT2D eigenvalue weighted by Gasteiger charge is -2.42.